The predicted molar refractivity (Wildman–Crippen MR) is 250 cm³/mol. The van der Waals surface area contributed by atoms with Crippen LogP contribution in [0.5, 0.6) is 0 Å². The molecule has 0 saturated heterocycles. The Hall–Kier alpha value is -1.77. The van der Waals surface area contributed by atoms with Crippen molar-refractivity contribution in [1.82, 2.24) is 0 Å². The maximum atomic E-state index is 12.7. The van der Waals surface area contributed by atoms with Crippen LogP contribution in [0.4, 0.5) is 0 Å². The Morgan fingerprint density at radius 2 is 0.900 bits per heavy atom. The maximum absolute atomic E-state index is 12.7. The second-order valence-electron chi connectivity index (χ2n) is 17.8. The number of quaternary nitrogens is 1. The van der Waals surface area contributed by atoms with E-state index in [1.807, 2.05) is 21.1 Å². The van der Waals surface area contributed by atoms with Crippen LogP contribution in [0.15, 0.2) is 36.5 Å². The van der Waals surface area contributed by atoms with E-state index in [0.717, 1.165) is 64.2 Å². The highest BCUT2D eigenvalue weighted by Crippen LogP contribution is 2.38. The Balaban J connectivity index is 4.29. The zero-order valence-electron chi connectivity index (χ0n) is 39.7. The first-order valence-corrected chi connectivity index (χ1v) is 26.2. The zero-order chi connectivity index (χ0) is 44.3. The third kappa shape index (κ3) is 45.7. The van der Waals surface area contributed by atoms with Crippen molar-refractivity contribution in [3.05, 3.63) is 36.5 Å². The van der Waals surface area contributed by atoms with Gasteiger partial charge in [-0.2, -0.15) is 0 Å². The molecule has 0 fully saturated rings. The number of hydrogen-bond donors (Lipinski definition) is 0. The maximum Gasteiger partial charge on any atom is 0.306 e. The fourth-order valence-corrected chi connectivity index (χ4v) is 7.47. The fraction of sp³-hybridized carbons (Fsp3) is 0.840. The van der Waals surface area contributed by atoms with E-state index >= 15 is 0 Å². The molecule has 0 aliphatic carbocycles. The van der Waals surface area contributed by atoms with E-state index in [-0.39, 0.29) is 32.0 Å². The molecule has 0 rings (SSSR count). The van der Waals surface area contributed by atoms with Gasteiger partial charge < -0.3 is 27.9 Å². The van der Waals surface area contributed by atoms with Gasteiger partial charge in [0.15, 0.2) is 6.10 Å². The summed E-state index contributed by atoms with van der Waals surface area (Å²) in [5, 5.41) is 0. The summed E-state index contributed by atoms with van der Waals surface area (Å²) in [7, 11) is 1.16. The summed E-state index contributed by atoms with van der Waals surface area (Å²) in [6.07, 6.45) is 48.8. The number of likely N-dealkylation sites (N-methyl/N-ethyl adjacent to an activating group) is 1. The van der Waals surface area contributed by atoms with Gasteiger partial charge >= 0.3 is 11.9 Å². The van der Waals surface area contributed by atoms with E-state index < -0.39 is 26.5 Å². The molecule has 0 aromatic heterocycles. The van der Waals surface area contributed by atoms with Crippen molar-refractivity contribution in [3.63, 3.8) is 0 Å². The van der Waals surface area contributed by atoms with Gasteiger partial charge in [0.25, 0.3) is 7.82 Å². The number of nitrogens with zero attached hydrogens (tertiary/aromatic N) is 1. The van der Waals surface area contributed by atoms with Crippen LogP contribution in [0.2, 0.25) is 0 Å². The summed E-state index contributed by atoms with van der Waals surface area (Å²) in [5.74, 6) is -0.843. The summed E-state index contributed by atoms with van der Waals surface area (Å²) in [6.45, 7) is 4.21. The molecule has 1 unspecified atom stereocenters. The largest absolute Gasteiger partial charge is 0.756 e. The Morgan fingerprint density at radius 3 is 1.37 bits per heavy atom. The van der Waals surface area contributed by atoms with Crippen molar-refractivity contribution in [2.75, 3.05) is 47.5 Å². The first kappa shape index (κ1) is 58.2. The number of unbranched alkanes of at least 4 members (excludes halogenated alkanes) is 25. The van der Waals surface area contributed by atoms with Crippen LogP contribution in [-0.4, -0.2) is 70.0 Å². The highest BCUT2D eigenvalue weighted by molar-refractivity contribution is 7.45. The Bertz CT molecular complexity index is 1120. The van der Waals surface area contributed by atoms with Crippen LogP contribution in [0.3, 0.4) is 0 Å². The molecular weight excluding hydrogens is 774 g/mol. The first-order valence-electron chi connectivity index (χ1n) is 24.7. The van der Waals surface area contributed by atoms with E-state index in [4.69, 9.17) is 18.5 Å². The minimum atomic E-state index is -4.63. The van der Waals surface area contributed by atoms with Gasteiger partial charge in [0.1, 0.15) is 19.8 Å². The van der Waals surface area contributed by atoms with E-state index in [2.05, 4.69) is 50.3 Å². The molecule has 0 saturated carbocycles. The summed E-state index contributed by atoms with van der Waals surface area (Å²) >= 11 is 0. The highest BCUT2D eigenvalue weighted by atomic mass is 31.2. The Labute approximate surface area is 370 Å². The second-order valence-corrected chi connectivity index (χ2v) is 19.2. The number of allylic oxidation sites excluding steroid dienone is 6. The van der Waals surface area contributed by atoms with Crippen LogP contribution >= 0.6 is 7.82 Å². The molecule has 0 N–H and O–H groups in total. The van der Waals surface area contributed by atoms with E-state index in [9.17, 15) is 19.0 Å². The molecule has 60 heavy (non-hydrogen) atoms. The molecule has 0 heterocycles. The Kier molecular flexibility index (Phi) is 41.3. The third-order valence-corrected chi connectivity index (χ3v) is 11.6. The zero-order valence-corrected chi connectivity index (χ0v) is 40.6. The topological polar surface area (TPSA) is 111 Å². The molecule has 2 atom stereocenters. The average molecular weight is 868 g/mol. The number of ether oxygens (including phenoxy) is 2. The van der Waals surface area contributed by atoms with Gasteiger partial charge in [-0.25, -0.2) is 0 Å². The van der Waals surface area contributed by atoms with Crippen LogP contribution in [0.1, 0.15) is 219 Å². The van der Waals surface area contributed by atoms with Crippen molar-refractivity contribution in [2.45, 2.75) is 225 Å². The average Bonchev–Trinajstić information content (AvgIpc) is 3.20. The van der Waals surface area contributed by atoms with Crippen LogP contribution in [-0.2, 0) is 32.7 Å². The minimum Gasteiger partial charge on any atom is -0.756 e. The lowest BCUT2D eigenvalue weighted by atomic mass is 10.1. The van der Waals surface area contributed by atoms with Gasteiger partial charge in [-0.15, -0.1) is 0 Å². The molecule has 0 spiro atoms. The molecular formula is C50H94NO8P. The van der Waals surface area contributed by atoms with Gasteiger partial charge in [0.05, 0.1) is 27.7 Å². The van der Waals surface area contributed by atoms with Crippen LogP contribution in [0.25, 0.3) is 0 Å². The normalized spacial score (nSPS) is 13.8. The lowest BCUT2D eigenvalue weighted by Gasteiger charge is -2.28. The molecule has 0 aliphatic rings. The molecule has 352 valence electrons. The van der Waals surface area contributed by atoms with Gasteiger partial charge in [-0.3, -0.25) is 14.2 Å². The van der Waals surface area contributed by atoms with E-state index in [0.29, 0.717) is 17.4 Å². The van der Waals surface area contributed by atoms with E-state index in [1.54, 1.807) is 0 Å². The van der Waals surface area contributed by atoms with Crippen molar-refractivity contribution in [1.29, 1.82) is 0 Å². The number of phosphoric acid groups is 1. The summed E-state index contributed by atoms with van der Waals surface area (Å²) in [6, 6.07) is 0. The van der Waals surface area contributed by atoms with Crippen LogP contribution < -0.4 is 4.89 Å². The molecule has 9 nitrogen and oxygen atoms in total. The molecule has 0 aliphatic heterocycles. The second kappa shape index (κ2) is 42.5. The number of hydrogen-bond acceptors (Lipinski definition) is 8. The summed E-state index contributed by atoms with van der Waals surface area (Å²) < 4.78 is 34.0. The van der Waals surface area contributed by atoms with E-state index in [1.165, 1.54) is 122 Å². The number of carbonyl (C=O) groups is 2. The number of rotatable bonds is 45. The van der Waals surface area contributed by atoms with Crippen molar-refractivity contribution in [2.24, 2.45) is 0 Å². The molecule has 0 aromatic carbocycles. The monoisotopic (exact) mass is 868 g/mol. The van der Waals surface area contributed by atoms with Crippen molar-refractivity contribution < 1.29 is 42.1 Å². The lowest BCUT2D eigenvalue weighted by Crippen LogP contribution is -2.37. The lowest BCUT2D eigenvalue weighted by molar-refractivity contribution is -0.870. The summed E-state index contributed by atoms with van der Waals surface area (Å²) in [4.78, 5) is 37.7. The van der Waals surface area contributed by atoms with Gasteiger partial charge in [-0.05, 0) is 70.6 Å². The number of carbonyl (C=O) groups excluding carboxylic acids is 2. The van der Waals surface area contributed by atoms with Crippen molar-refractivity contribution in [3.8, 4) is 0 Å². The van der Waals surface area contributed by atoms with Crippen LogP contribution in [0, 0.1) is 0 Å². The quantitative estimate of drug-likeness (QED) is 0.0196. The fourth-order valence-electron chi connectivity index (χ4n) is 6.74. The SMILES string of the molecule is CCCCC/C=C\C/C=C\CCCCCCCCCC(=O)O[C@H](COC(=O)CCCCCCCCC/C=C\CCCCCCCCCC)COP(=O)([O-])OCC[N+](C)(C)C. The predicted octanol–water partition coefficient (Wildman–Crippen LogP) is 13.8. The third-order valence-electron chi connectivity index (χ3n) is 10.6. The Morgan fingerprint density at radius 1 is 0.517 bits per heavy atom. The van der Waals surface area contributed by atoms with Gasteiger partial charge in [-0.1, -0.05) is 172 Å². The molecule has 0 amide bonds. The smallest absolute Gasteiger partial charge is 0.306 e. The molecule has 0 bridgehead atoms. The minimum absolute atomic E-state index is 0.0331. The summed E-state index contributed by atoms with van der Waals surface area (Å²) in [5.41, 5.74) is 0. The molecule has 0 aromatic rings. The standard InChI is InChI=1S/C50H94NO8P/c1-6-8-10-12-14-16-18-20-22-24-25-27-28-30-32-34-36-38-40-42-49(52)56-46-48(47-58-60(54,55)57-45-44-51(3,4)5)59-50(53)43-41-39-37-35-33-31-29-26-23-21-19-17-15-13-11-9-7-2/h15,17,21,23-25,48H,6-14,16,18-20,22,26-47H2,1-5H3/b17-15-,23-21-,25-24-/t48-/m1/s1. The first-order chi connectivity index (χ1) is 29.0. The van der Waals surface area contributed by atoms with Gasteiger partial charge in [0.2, 0.25) is 0 Å². The van der Waals surface area contributed by atoms with Crippen molar-refractivity contribution >= 4 is 19.8 Å². The highest BCUT2D eigenvalue weighted by Gasteiger charge is 2.21. The van der Waals surface area contributed by atoms with Gasteiger partial charge in [0, 0.05) is 12.8 Å². The molecule has 10 heteroatoms. The molecule has 0 radical (unpaired) electrons. The number of esters is 2. The number of phosphoric ester groups is 1.